The molecule has 0 spiro atoms. The van der Waals surface area contributed by atoms with Gasteiger partial charge >= 0.3 is 6.18 Å². The van der Waals surface area contributed by atoms with Crippen LogP contribution in [0.1, 0.15) is 36.8 Å². The number of benzene rings is 1. The zero-order valence-corrected chi connectivity index (χ0v) is 14.3. The molecule has 1 aromatic heterocycles. The number of hydrogen-bond donors (Lipinski definition) is 2. The lowest BCUT2D eigenvalue weighted by Crippen LogP contribution is -2.55. The summed E-state index contributed by atoms with van der Waals surface area (Å²) in [5, 5.41) is 6.58. The number of carbonyl (C=O) groups is 1. The van der Waals surface area contributed by atoms with Gasteiger partial charge in [0.1, 0.15) is 5.69 Å². The van der Waals surface area contributed by atoms with Crippen molar-refractivity contribution < 1.29 is 18.0 Å². The molecule has 0 aliphatic carbocycles. The van der Waals surface area contributed by atoms with Gasteiger partial charge in [-0.05, 0) is 37.1 Å². The zero-order chi connectivity index (χ0) is 18.8. The first-order valence-corrected chi connectivity index (χ1v) is 7.83. The summed E-state index contributed by atoms with van der Waals surface area (Å²) in [6.45, 7) is 5.94. The van der Waals surface area contributed by atoms with Crippen molar-refractivity contribution in [1.82, 2.24) is 15.1 Å². The molecule has 8 heteroatoms. The minimum Gasteiger partial charge on any atom is -0.345 e. The summed E-state index contributed by atoms with van der Waals surface area (Å²) in [7, 11) is 0. The Hall–Kier alpha value is -2.35. The maximum Gasteiger partial charge on any atom is 0.433 e. The third-order valence-electron chi connectivity index (χ3n) is 4.38. The van der Waals surface area contributed by atoms with E-state index in [0.717, 1.165) is 16.9 Å². The van der Waals surface area contributed by atoms with Crippen LogP contribution in [0.5, 0.6) is 0 Å². The number of nitrogens with two attached hydrogens (primary N) is 1. The fourth-order valence-corrected chi connectivity index (χ4v) is 2.27. The Kier molecular flexibility index (Phi) is 5.22. The van der Waals surface area contributed by atoms with Crippen molar-refractivity contribution in [1.29, 1.82) is 0 Å². The van der Waals surface area contributed by atoms with Gasteiger partial charge in [0, 0.05) is 12.1 Å². The Labute approximate surface area is 144 Å². The first-order chi connectivity index (χ1) is 11.6. The van der Waals surface area contributed by atoms with Gasteiger partial charge in [-0.15, -0.1) is 0 Å². The molecule has 1 amide bonds. The average molecular weight is 354 g/mol. The molecule has 1 atom stereocenters. The van der Waals surface area contributed by atoms with Gasteiger partial charge in [-0.25, -0.2) is 4.68 Å². The Morgan fingerprint density at radius 1 is 1.32 bits per heavy atom. The van der Waals surface area contributed by atoms with Crippen molar-refractivity contribution in [3.05, 3.63) is 47.8 Å². The number of rotatable bonds is 5. The van der Waals surface area contributed by atoms with Crippen LogP contribution in [0.25, 0.3) is 5.69 Å². The molecule has 2 aromatic rings. The Morgan fingerprint density at radius 2 is 2.00 bits per heavy atom. The van der Waals surface area contributed by atoms with Crippen LogP contribution in [0, 0.1) is 5.92 Å². The highest BCUT2D eigenvalue weighted by atomic mass is 19.4. The molecule has 1 unspecified atom stereocenters. The van der Waals surface area contributed by atoms with E-state index in [-0.39, 0.29) is 23.7 Å². The van der Waals surface area contributed by atoms with Crippen LogP contribution in [-0.4, -0.2) is 27.8 Å². The molecule has 0 saturated heterocycles. The van der Waals surface area contributed by atoms with Gasteiger partial charge < -0.3 is 11.1 Å². The monoisotopic (exact) mass is 354 g/mol. The molecule has 1 aromatic carbocycles. The van der Waals surface area contributed by atoms with Crippen molar-refractivity contribution in [2.24, 2.45) is 11.7 Å². The maximum atomic E-state index is 13.0. The fourth-order valence-electron chi connectivity index (χ4n) is 2.27. The van der Waals surface area contributed by atoms with E-state index in [1.54, 1.807) is 0 Å². The summed E-state index contributed by atoms with van der Waals surface area (Å²) in [4.78, 5) is 12.5. The van der Waals surface area contributed by atoms with E-state index in [1.165, 1.54) is 24.3 Å². The van der Waals surface area contributed by atoms with Gasteiger partial charge in [0.15, 0.2) is 0 Å². The van der Waals surface area contributed by atoms with E-state index < -0.39 is 23.3 Å². The quantitative estimate of drug-likeness (QED) is 0.867. The molecular formula is C17H21F3N4O. The van der Waals surface area contributed by atoms with E-state index in [0.29, 0.717) is 0 Å². The molecule has 3 N–H and O–H groups in total. The van der Waals surface area contributed by atoms with E-state index >= 15 is 0 Å². The van der Waals surface area contributed by atoms with Gasteiger partial charge in [0.25, 0.3) is 5.91 Å². The number of nitrogens with zero attached hydrogens (tertiary/aromatic N) is 2. The minimum atomic E-state index is -4.54. The SMILES string of the molecule is CC(C)C(C)(CN)NC(=O)c1cccc(-n2nccc2C(F)(F)F)c1. The molecule has 0 bridgehead atoms. The summed E-state index contributed by atoms with van der Waals surface area (Å²) in [6, 6.07) is 6.77. The molecule has 1 heterocycles. The highest BCUT2D eigenvalue weighted by molar-refractivity contribution is 5.95. The molecule has 0 aliphatic heterocycles. The van der Waals surface area contributed by atoms with E-state index in [4.69, 9.17) is 5.73 Å². The molecule has 0 fully saturated rings. The standard InChI is InChI=1S/C17H21F3N4O/c1-11(2)16(3,10-21)23-15(25)12-5-4-6-13(9-12)24-14(7-8-22-24)17(18,19)20/h4-9,11H,10,21H2,1-3H3,(H,23,25). The van der Waals surface area contributed by atoms with Crippen molar-refractivity contribution in [3.8, 4) is 5.69 Å². The van der Waals surface area contributed by atoms with Gasteiger partial charge in [0.2, 0.25) is 0 Å². The van der Waals surface area contributed by atoms with Crippen LogP contribution in [0.15, 0.2) is 36.5 Å². The van der Waals surface area contributed by atoms with Crippen molar-refractivity contribution in [2.75, 3.05) is 6.54 Å². The third kappa shape index (κ3) is 4.01. The second kappa shape index (κ2) is 6.87. The van der Waals surface area contributed by atoms with Crippen molar-refractivity contribution in [2.45, 2.75) is 32.5 Å². The number of hydrogen-bond acceptors (Lipinski definition) is 3. The number of carbonyl (C=O) groups excluding carboxylic acids is 1. The second-order valence-corrected chi connectivity index (χ2v) is 6.41. The second-order valence-electron chi connectivity index (χ2n) is 6.41. The molecule has 5 nitrogen and oxygen atoms in total. The minimum absolute atomic E-state index is 0.0904. The number of halogens is 3. The first kappa shape index (κ1) is 19.0. The van der Waals surface area contributed by atoms with E-state index in [9.17, 15) is 18.0 Å². The molecule has 2 rings (SSSR count). The van der Waals surface area contributed by atoms with E-state index in [2.05, 4.69) is 10.4 Å². The predicted molar refractivity (Wildman–Crippen MR) is 88.3 cm³/mol. The lowest BCUT2D eigenvalue weighted by molar-refractivity contribution is -0.142. The lowest BCUT2D eigenvalue weighted by Gasteiger charge is -2.33. The van der Waals surface area contributed by atoms with Crippen LogP contribution < -0.4 is 11.1 Å². The van der Waals surface area contributed by atoms with Gasteiger partial charge in [-0.2, -0.15) is 18.3 Å². The number of alkyl halides is 3. The van der Waals surface area contributed by atoms with E-state index in [1.807, 2.05) is 20.8 Å². The highest BCUT2D eigenvalue weighted by Crippen LogP contribution is 2.30. The Bertz CT molecular complexity index is 754. The van der Waals surface area contributed by atoms with Gasteiger partial charge in [-0.1, -0.05) is 19.9 Å². The summed E-state index contributed by atoms with van der Waals surface area (Å²) in [6.07, 6.45) is -3.47. The smallest absolute Gasteiger partial charge is 0.345 e. The van der Waals surface area contributed by atoms with Crippen LogP contribution >= 0.6 is 0 Å². The van der Waals surface area contributed by atoms with Crippen LogP contribution in [0.2, 0.25) is 0 Å². The third-order valence-corrected chi connectivity index (χ3v) is 4.38. The van der Waals surface area contributed by atoms with Crippen LogP contribution in [0.3, 0.4) is 0 Å². The first-order valence-electron chi connectivity index (χ1n) is 7.83. The van der Waals surface area contributed by atoms with Gasteiger partial charge in [0.05, 0.1) is 17.4 Å². The predicted octanol–water partition coefficient (Wildman–Crippen LogP) is 2.99. The molecule has 136 valence electrons. The molecule has 0 radical (unpaired) electrons. The van der Waals surface area contributed by atoms with Gasteiger partial charge in [-0.3, -0.25) is 4.79 Å². The number of aromatic nitrogens is 2. The Balaban J connectivity index is 2.34. The summed E-state index contributed by atoms with van der Waals surface area (Å²) < 4.78 is 39.9. The number of amides is 1. The topological polar surface area (TPSA) is 72.9 Å². The van der Waals surface area contributed by atoms with Crippen molar-refractivity contribution >= 4 is 5.91 Å². The average Bonchev–Trinajstić information content (AvgIpc) is 3.04. The molecule has 0 saturated carbocycles. The summed E-state index contributed by atoms with van der Waals surface area (Å²) in [5.74, 6) is -0.309. The largest absolute Gasteiger partial charge is 0.433 e. The van der Waals surface area contributed by atoms with Crippen LogP contribution in [-0.2, 0) is 6.18 Å². The number of nitrogens with one attached hydrogen (secondary N) is 1. The highest BCUT2D eigenvalue weighted by Gasteiger charge is 2.35. The fraction of sp³-hybridized carbons (Fsp3) is 0.412. The summed E-state index contributed by atoms with van der Waals surface area (Å²) >= 11 is 0. The van der Waals surface area contributed by atoms with Crippen molar-refractivity contribution in [3.63, 3.8) is 0 Å². The summed E-state index contributed by atoms with van der Waals surface area (Å²) in [5.41, 5.74) is 4.63. The normalized spacial score (nSPS) is 14.4. The lowest BCUT2D eigenvalue weighted by atomic mass is 9.88. The van der Waals surface area contributed by atoms with Crippen LogP contribution in [0.4, 0.5) is 13.2 Å². The molecule has 0 aliphatic rings. The maximum absolute atomic E-state index is 13.0. The Morgan fingerprint density at radius 3 is 2.56 bits per heavy atom. The molecule has 25 heavy (non-hydrogen) atoms. The molecular weight excluding hydrogens is 333 g/mol. The zero-order valence-electron chi connectivity index (χ0n) is 14.3.